The zero-order chi connectivity index (χ0) is 33.7. The summed E-state index contributed by atoms with van der Waals surface area (Å²) in [6.45, 7) is 2.17. The molecule has 1 aliphatic carbocycles. The lowest BCUT2D eigenvalue weighted by Crippen LogP contribution is -2.32. The summed E-state index contributed by atoms with van der Waals surface area (Å²) in [6.07, 6.45) is 8.63. The first kappa shape index (κ1) is 28.3. The maximum Gasteiger partial charge on any atom is 0.143 e. The van der Waals surface area contributed by atoms with Crippen molar-refractivity contribution in [3.63, 3.8) is 0 Å². The molecule has 0 saturated heterocycles. The number of aromatic nitrogens is 2. The summed E-state index contributed by atoms with van der Waals surface area (Å²) < 4.78 is 13.6. The van der Waals surface area contributed by atoms with Crippen LogP contribution in [0.15, 0.2) is 162 Å². The van der Waals surface area contributed by atoms with Gasteiger partial charge in [-0.15, -0.1) is 0 Å². The van der Waals surface area contributed by atoms with E-state index in [1.165, 1.54) is 21.9 Å². The first-order chi connectivity index (χ1) is 25.1. The molecule has 2 unspecified atom stereocenters. The summed E-state index contributed by atoms with van der Waals surface area (Å²) in [7, 11) is 0. The van der Waals surface area contributed by atoms with Crippen LogP contribution in [0.4, 0.5) is 0 Å². The molecule has 2 atom stereocenters. The minimum absolute atomic E-state index is 0.0171. The topological polar surface area (TPSA) is 48.2 Å². The highest BCUT2D eigenvalue weighted by Gasteiger charge is 2.45. The van der Waals surface area contributed by atoms with E-state index in [1.807, 2.05) is 6.20 Å². The van der Waals surface area contributed by atoms with Crippen LogP contribution in [0.3, 0.4) is 0 Å². The molecule has 0 N–H and O–H groups in total. The molecule has 9 aromatic rings. The quantitative estimate of drug-likeness (QED) is 0.178. The van der Waals surface area contributed by atoms with Crippen molar-refractivity contribution >= 4 is 60.1 Å². The Morgan fingerprint density at radius 1 is 0.588 bits per heavy atom. The van der Waals surface area contributed by atoms with E-state index in [1.54, 1.807) is 0 Å². The fraction of sp³-hybridized carbons (Fsp3) is 0.0638. The zero-order valence-corrected chi connectivity index (χ0v) is 27.8. The predicted octanol–water partition coefficient (Wildman–Crippen LogP) is 12.1. The second-order valence-electron chi connectivity index (χ2n) is 13.8. The molecule has 0 bridgehead atoms. The van der Waals surface area contributed by atoms with Gasteiger partial charge in [-0.1, -0.05) is 127 Å². The van der Waals surface area contributed by atoms with Crippen LogP contribution in [0.1, 0.15) is 24.0 Å². The van der Waals surface area contributed by atoms with Gasteiger partial charge in [0.05, 0.1) is 28.8 Å². The number of ether oxygens (including phenoxy) is 1. The van der Waals surface area contributed by atoms with Gasteiger partial charge >= 0.3 is 0 Å². The molecule has 0 radical (unpaired) electrons. The van der Waals surface area contributed by atoms with Gasteiger partial charge in [0.2, 0.25) is 0 Å². The number of furan rings is 1. The molecule has 11 rings (SSSR count). The van der Waals surface area contributed by atoms with Crippen molar-refractivity contribution in [1.82, 2.24) is 9.97 Å². The average molecular weight is 655 g/mol. The number of para-hydroxylation sites is 1. The van der Waals surface area contributed by atoms with Crippen molar-refractivity contribution in [3.05, 3.63) is 169 Å². The Hall–Kier alpha value is -6.52. The van der Waals surface area contributed by atoms with Gasteiger partial charge in [0, 0.05) is 38.2 Å². The number of benzene rings is 7. The third-order valence-electron chi connectivity index (χ3n) is 10.9. The van der Waals surface area contributed by atoms with E-state index in [-0.39, 0.29) is 5.92 Å². The third kappa shape index (κ3) is 4.14. The Balaban J connectivity index is 1.05. The van der Waals surface area contributed by atoms with Crippen LogP contribution in [0.2, 0.25) is 0 Å². The standard InChI is InChI=1S/C47H30N2O2/c1-47-24-23-29(28-11-3-2-4-12-28)26-39(47)42-41(51-47)22-21-38-37-20-10-19-32(45(37)50-46(38)42)30-13-9-14-31(25-30)40-27-48-43-35-17-7-5-15-33(35)34-16-6-8-18-36(34)44(43)49-40/h2-27,39H,1H3. The molecule has 0 saturated carbocycles. The molecule has 3 heterocycles. The van der Waals surface area contributed by atoms with Crippen LogP contribution >= 0.6 is 0 Å². The molecular formula is C47H30N2O2. The minimum Gasteiger partial charge on any atom is -0.482 e. The van der Waals surface area contributed by atoms with Crippen molar-refractivity contribution in [2.24, 2.45) is 0 Å². The van der Waals surface area contributed by atoms with E-state index in [2.05, 4.69) is 159 Å². The lowest BCUT2D eigenvalue weighted by molar-refractivity contribution is 0.155. The monoisotopic (exact) mass is 654 g/mol. The Kier molecular flexibility index (Phi) is 5.83. The fourth-order valence-corrected chi connectivity index (χ4v) is 8.37. The first-order valence-corrected chi connectivity index (χ1v) is 17.4. The molecule has 240 valence electrons. The van der Waals surface area contributed by atoms with Crippen LogP contribution in [-0.2, 0) is 0 Å². The number of nitrogens with zero attached hydrogens (tertiary/aromatic N) is 2. The predicted molar refractivity (Wildman–Crippen MR) is 208 cm³/mol. The normalized spacial score (nSPS) is 18.0. The maximum absolute atomic E-state index is 6.95. The Morgan fingerprint density at radius 3 is 2.08 bits per heavy atom. The number of allylic oxidation sites excluding steroid dienone is 2. The molecule has 4 nitrogen and oxygen atoms in total. The summed E-state index contributed by atoms with van der Waals surface area (Å²) in [4.78, 5) is 10.3. The van der Waals surface area contributed by atoms with E-state index in [9.17, 15) is 0 Å². The van der Waals surface area contributed by atoms with Crippen LogP contribution in [-0.4, -0.2) is 15.6 Å². The molecule has 2 aromatic heterocycles. The molecule has 0 fully saturated rings. The largest absolute Gasteiger partial charge is 0.482 e. The van der Waals surface area contributed by atoms with E-state index < -0.39 is 5.60 Å². The number of fused-ring (bicyclic) bond motifs is 13. The van der Waals surface area contributed by atoms with Gasteiger partial charge in [0.1, 0.15) is 22.5 Å². The van der Waals surface area contributed by atoms with Gasteiger partial charge in [-0.25, -0.2) is 4.98 Å². The van der Waals surface area contributed by atoms with Crippen molar-refractivity contribution < 1.29 is 9.15 Å². The van der Waals surface area contributed by atoms with Gasteiger partial charge in [-0.3, -0.25) is 4.98 Å². The smallest absolute Gasteiger partial charge is 0.143 e. The summed E-state index contributed by atoms with van der Waals surface area (Å²) in [5, 5.41) is 6.79. The van der Waals surface area contributed by atoms with Crippen LogP contribution in [0.25, 0.3) is 82.5 Å². The van der Waals surface area contributed by atoms with Gasteiger partial charge in [-0.2, -0.15) is 0 Å². The molecule has 4 heteroatoms. The van der Waals surface area contributed by atoms with Crippen LogP contribution in [0.5, 0.6) is 5.75 Å². The SMILES string of the molecule is CC12C=CC(c3ccccc3)=CC1c1c(ccc3c1oc1c(-c4cccc(-c5cnc6c7ccccc7c7ccccc7c6n5)c4)cccc13)O2. The number of rotatable bonds is 3. The Labute approximate surface area is 294 Å². The lowest BCUT2D eigenvalue weighted by Gasteiger charge is -2.29. The second-order valence-corrected chi connectivity index (χ2v) is 13.8. The fourth-order valence-electron chi connectivity index (χ4n) is 8.37. The molecule has 7 aromatic carbocycles. The van der Waals surface area contributed by atoms with E-state index >= 15 is 0 Å². The van der Waals surface area contributed by atoms with Crippen LogP contribution in [0, 0.1) is 0 Å². The van der Waals surface area contributed by atoms with Crippen molar-refractivity contribution in [2.75, 3.05) is 0 Å². The van der Waals surface area contributed by atoms with Crippen molar-refractivity contribution in [1.29, 1.82) is 0 Å². The van der Waals surface area contributed by atoms with Gasteiger partial charge in [0.15, 0.2) is 0 Å². The molecule has 2 aliphatic rings. The maximum atomic E-state index is 6.95. The first-order valence-electron chi connectivity index (χ1n) is 17.4. The zero-order valence-electron chi connectivity index (χ0n) is 27.8. The highest BCUT2D eigenvalue weighted by atomic mass is 16.5. The highest BCUT2D eigenvalue weighted by Crippen LogP contribution is 2.53. The summed E-state index contributed by atoms with van der Waals surface area (Å²) in [6, 6.07) is 46.7. The molecule has 1 aliphatic heterocycles. The molecule has 0 spiro atoms. The van der Waals surface area contributed by atoms with E-state index in [0.29, 0.717) is 0 Å². The highest BCUT2D eigenvalue weighted by molar-refractivity contribution is 6.23. The Morgan fingerprint density at radius 2 is 1.25 bits per heavy atom. The van der Waals surface area contributed by atoms with E-state index in [4.69, 9.17) is 19.1 Å². The van der Waals surface area contributed by atoms with Crippen molar-refractivity contribution in [3.8, 4) is 28.1 Å². The summed E-state index contributed by atoms with van der Waals surface area (Å²) >= 11 is 0. The summed E-state index contributed by atoms with van der Waals surface area (Å²) in [5.74, 6) is 0.895. The lowest BCUT2D eigenvalue weighted by atomic mass is 9.79. The average Bonchev–Trinajstić information content (AvgIpc) is 3.72. The minimum atomic E-state index is -0.483. The summed E-state index contributed by atoms with van der Waals surface area (Å²) in [5.41, 5.74) is 10.5. The van der Waals surface area contributed by atoms with Gasteiger partial charge in [0.25, 0.3) is 0 Å². The van der Waals surface area contributed by atoms with Crippen molar-refractivity contribution in [2.45, 2.75) is 18.4 Å². The number of hydrogen-bond acceptors (Lipinski definition) is 4. The van der Waals surface area contributed by atoms with Crippen LogP contribution < -0.4 is 4.74 Å². The Bertz CT molecular complexity index is 2940. The molecular weight excluding hydrogens is 625 g/mol. The van der Waals surface area contributed by atoms with E-state index in [0.717, 1.165) is 77.4 Å². The van der Waals surface area contributed by atoms with Gasteiger partial charge in [-0.05, 0) is 58.7 Å². The third-order valence-corrected chi connectivity index (χ3v) is 10.9. The van der Waals surface area contributed by atoms with Gasteiger partial charge < -0.3 is 9.15 Å². The molecule has 51 heavy (non-hydrogen) atoms. The molecule has 0 amide bonds. The number of hydrogen-bond donors (Lipinski definition) is 0. The second kappa shape index (κ2) is 10.5.